The number of rotatable bonds is 6. The van der Waals surface area contributed by atoms with Gasteiger partial charge in [-0.3, -0.25) is 0 Å². The number of fused-ring (bicyclic) bond motifs is 1. The van der Waals surface area contributed by atoms with Crippen molar-refractivity contribution in [3.05, 3.63) is 23.3 Å². The summed E-state index contributed by atoms with van der Waals surface area (Å²) < 4.78 is 6.25. The van der Waals surface area contributed by atoms with E-state index in [-0.39, 0.29) is 12.2 Å². The van der Waals surface area contributed by atoms with Crippen LogP contribution in [0.4, 0.5) is 0 Å². The summed E-state index contributed by atoms with van der Waals surface area (Å²) in [6, 6.07) is 0. The van der Waals surface area contributed by atoms with E-state index >= 15 is 0 Å². The van der Waals surface area contributed by atoms with Crippen molar-refractivity contribution in [2.45, 2.75) is 116 Å². The summed E-state index contributed by atoms with van der Waals surface area (Å²) in [5.74, 6) is 1.26. The lowest BCUT2D eigenvalue weighted by molar-refractivity contribution is -0.0814. The first kappa shape index (κ1) is 23.0. The van der Waals surface area contributed by atoms with E-state index in [1.165, 1.54) is 44.1 Å². The van der Waals surface area contributed by atoms with Crippen LogP contribution in [0.3, 0.4) is 0 Å². The van der Waals surface area contributed by atoms with Gasteiger partial charge in [0.25, 0.3) is 0 Å². The van der Waals surface area contributed by atoms with Crippen LogP contribution >= 0.6 is 0 Å². The molecule has 0 heterocycles. The van der Waals surface area contributed by atoms with Gasteiger partial charge in [-0.05, 0) is 102 Å². The third kappa shape index (κ3) is 5.95. The molecule has 0 amide bonds. The molecule has 3 saturated carbocycles. The fraction of sp³-hybridized carbons (Fsp3) is 0.846. The molecule has 0 aliphatic heterocycles. The molecule has 3 aliphatic carbocycles. The minimum absolute atomic E-state index is 0.133. The molecule has 3 nitrogen and oxygen atoms in total. The van der Waals surface area contributed by atoms with Crippen LogP contribution in [0.25, 0.3) is 0 Å². The van der Waals surface area contributed by atoms with Gasteiger partial charge in [0.2, 0.25) is 0 Å². The van der Waals surface area contributed by atoms with Crippen LogP contribution in [0.15, 0.2) is 23.3 Å². The van der Waals surface area contributed by atoms with Crippen LogP contribution in [0.1, 0.15) is 98.3 Å². The number of aliphatic hydroxyl groups excluding tert-OH is 1. The van der Waals surface area contributed by atoms with Gasteiger partial charge in [0.15, 0.2) is 0 Å². The molecule has 0 aromatic rings. The van der Waals surface area contributed by atoms with Crippen molar-refractivity contribution in [1.82, 2.24) is 0 Å². The fourth-order valence-electron chi connectivity index (χ4n) is 6.30. The van der Waals surface area contributed by atoms with Gasteiger partial charge in [0.05, 0.1) is 17.8 Å². The number of hydrogen-bond donors (Lipinski definition) is 2. The summed E-state index contributed by atoms with van der Waals surface area (Å²) in [6.07, 6.45) is 17.3. The molecule has 2 N–H and O–H groups in total. The number of allylic oxidation sites excluding steroid dienone is 3. The van der Waals surface area contributed by atoms with E-state index in [0.29, 0.717) is 30.3 Å². The van der Waals surface area contributed by atoms with Gasteiger partial charge in [-0.1, -0.05) is 36.6 Å². The van der Waals surface area contributed by atoms with E-state index in [1.54, 1.807) is 5.57 Å². The summed E-state index contributed by atoms with van der Waals surface area (Å²) in [4.78, 5) is 0. The van der Waals surface area contributed by atoms with Gasteiger partial charge in [-0.25, -0.2) is 0 Å². The molecule has 0 bridgehead atoms. The zero-order chi connectivity index (χ0) is 21.1. The summed E-state index contributed by atoms with van der Waals surface area (Å²) >= 11 is 0. The first-order valence-electron chi connectivity index (χ1n) is 12.1. The number of aliphatic hydroxyl groups is 2. The number of hydrogen-bond acceptors (Lipinski definition) is 3. The zero-order valence-electron chi connectivity index (χ0n) is 19.3. The van der Waals surface area contributed by atoms with Gasteiger partial charge in [0.1, 0.15) is 0 Å². The summed E-state index contributed by atoms with van der Waals surface area (Å²) in [5.41, 5.74) is 2.74. The Kier molecular flexibility index (Phi) is 7.67. The SMILES string of the molecule is C[C@@H](OCCC(C)(C)O)C1CCCC2/C(=C/C=C3/CCCC(O)C3)CCCC21C. The van der Waals surface area contributed by atoms with Gasteiger partial charge in [-0.15, -0.1) is 0 Å². The first-order chi connectivity index (χ1) is 13.7. The van der Waals surface area contributed by atoms with Crippen molar-refractivity contribution in [3.63, 3.8) is 0 Å². The molecule has 5 atom stereocenters. The lowest BCUT2D eigenvalue weighted by Crippen LogP contribution is -2.47. The number of ether oxygens (including phenoxy) is 1. The molecule has 0 aromatic heterocycles. The maximum absolute atomic E-state index is 9.99. The predicted octanol–water partition coefficient (Wildman–Crippen LogP) is 5.95. The Morgan fingerprint density at radius 2 is 1.93 bits per heavy atom. The van der Waals surface area contributed by atoms with Gasteiger partial charge < -0.3 is 14.9 Å². The molecular weight excluding hydrogens is 360 g/mol. The van der Waals surface area contributed by atoms with Crippen LogP contribution in [0.5, 0.6) is 0 Å². The normalized spacial score (nSPS) is 37.5. The van der Waals surface area contributed by atoms with Gasteiger partial charge in [0, 0.05) is 6.61 Å². The van der Waals surface area contributed by atoms with E-state index in [4.69, 9.17) is 4.74 Å². The molecular formula is C26H44O3. The van der Waals surface area contributed by atoms with Crippen LogP contribution in [-0.4, -0.2) is 34.6 Å². The summed E-state index contributed by atoms with van der Waals surface area (Å²) in [5, 5.41) is 20.0. The Hall–Kier alpha value is -0.640. The average molecular weight is 405 g/mol. The lowest BCUT2D eigenvalue weighted by atomic mass is 9.53. The molecule has 3 rings (SSSR count). The Bertz CT molecular complexity index is 600. The monoisotopic (exact) mass is 404 g/mol. The smallest absolute Gasteiger partial charge is 0.0613 e. The molecule has 0 saturated heterocycles. The summed E-state index contributed by atoms with van der Waals surface area (Å²) in [6.45, 7) is 9.13. The molecule has 3 heteroatoms. The minimum atomic E-state index is -0.653. The van der Waals surface area contributed by atoms with Crippen LogP contribution < -0.4 is 0 Å². The van der Waals surface area contributed by atoms with E-state index < -0.39 is 5.60 Å². The van der Waals surface area contributed by atoms with E-state index in [0.717, 1.165) is 25.7 Å². The Morgan fingerprint density at radius 1 is 1.14 bits per heavy atom. The quantitative estimate of drug-likeness (QED) is 0.575. The highest BCUT2D eigenvalue weighted by molar-refractivity contribution is 5.25. The maximum atomic E-state index is 9.99. The molecule has 4 unspecified atom stereocenters. The third-order valence-corrected chi connectivity index (χ3v) is 8.01. The van der Waals surface area contributed by atoms with Crippen molar-refractivity contribution in [2.24, 2.45) is 17.3 Å². The Labute approximate surface area is 178 Å². The highest BCUT2D eigenvalue weighted by Crippen LogP contribution is 2.56. The lowest BCUT2D eigenvalue weighted by Gasteiger charge is -2.53. The van der Waals surface area contributed by atoms with Crippen molar-refractivity contribution < 1.29 is 14.9 Å². The van der Waals surface area contributed by atoms with E-state index in [9.17, 15) is 10.2 Å². The topological polar surface area (TPSA) is 49.7 Å². The highest BCUT2D eigenvalue weighted by atomic mass is 16.5. The molecule has 3 aliphatic rings. The fourth-order valence-corrected chi connectivity index (χ4v) is 6.30. The van der Waals surface area contributed by atoms with Crippen molar-refractivity contribution in [3.8, 4) is 0 Å². The van der Waals surface area contributed by atoms with Crippen LogP contribution in [0.2, 0.25) is 0 Å². The first-order valence-corrected chi connectivity index (χ1v) is 12.1. The standard InChI is InChI=1S/C26H44O3/c1-19(29-17-16-25(2,3)28)23-11-6-12-24-21(9-7-15-26(23,24)4)14-13-20-8-5-10-22(27)18-20/h13-14,19,22-24,27-28H,5-12,15-18H2,1-4H3/b20-13-,21-14+/t19-,22?,23?,24?,26?/m1/s1. The van der Waals surface area contributed by atoms with E-state index in [1.807, 2.05) is 13.8 Å². The molecule has 29 heavy (non-hydrogen) atoms. The molecule has 0 aromatic carbocycles. The van der Waals surface area contributed by atoms with Crippen LogP contribution in [-0.2, 0) is 4.74 Å². The largest absolute Gasteiger partial charge is 0.393 e. The molecule has 0 radical (unpaired) electrons. The third-order valence-electron chi connectivity index (χ3n) is 8.01. The average Bonchev–Trinajstić information content (AvgIpc) is 2.64. The predicted molar refractivity (Wildman–Crippen MR) is 120 cm³/mol. The summed E-state index contributed by atoms with van der Waals surface area (Å²) in [7, 11) is 0. The second-order valence-corrected chi connectivity index (χ2v) is 10.9. The molecule has 0 spiro atoms. The maximum Gasteiger partial charge on any atom is 0.0613 e. The van der Waals surface area contributed by atoms with Gasteiger partial charge in [-0.2, -0.15) is 0 Å². The Morgan fingerprint density at radius 3 is 2.66 bits per heavy atom. The van der Waals surface area contributed by atoms with Crippen molar-refractivity contribution in [1.29, 1.82) is 0 Å². The highest BCUT2D eigenvalue weighted by Gasteiger charge is 2.48. The zero-order valence-corrected chi connectivity index (χ0v) is 19.3. The van der Waals surface area contributed by atoms with E-state index in [2.05, 4.69) is 26.0 Å². The van der Waals surface area contributed by atoms with Crippen LogP contribution in [0, 0.1) is 17.3 Å². The van der Waals surface area contributed by atoms with Crippen molar-refractivity contribution >= 4 is 0 Å². The van der Waals surface area contributed by atoms with Gasteiger partial charge >= 0.3 is 0 Å². The Balaban J connectivity index is 1.69. The van der Waals surface area contributed by atoms with Crippen molar-refractivity contribution in [2.75, 3.05) is 6.61 Å². The molecule has 3 fully saturated rings. The second-order valence-electron chi connectivity index (χ2n) is 10.9. The molecule has 166 valence electrons. The minimum Gasteiger partial charge on any atom is -0.393 e. The second kappa shape index (κ2) is 9.66.